The number of benzene rings is 1. The van der Waals surface area contributed by atoms with E-state index in [0.717, 1.165) is 5.56 Å². The quantitative estimate of drug-likeness (QED) is 0.661. The van der Waals surface area contributed by atoms with E-state index in [0.29, 0.717) is 18.8 Å². The second kappa shape index (κ2) is 6.57. The number of imide groups is 1. The Labute approximate surface area is 125 Å². The van der Waals surface area contributed by atoms with Gasteiger partial charge >= 0.3 is 6.03 Å². The summed E-state index contributed by atoms with van der Waals surface area (Å²) < 4.78 is 0. The van der Waals surface area contributed by atoms with E-state index in [4.69, 9.17) is 0 Å². The van der Waals surface area contributed by atoms with Crippen LogP contribution in [0.2, 0.25) is 0 Å². The highest BCUT2D eigenvalue weighted by molar-refractivity contribution is 7.99. The number of nitro benzene ring substituents is 1. The van der Waals surface area contributed by atoms with Gasteiger partial charge in [0.2, 0.25) is 5.91 Å². The van der Waals surface area contributed by atoms with Crippen LogP contribution in [0.5, 0.6) is 0 Å². The van der Waals surface area contributed by atoms with Crippen LogP contribution in [0, 0.1) is 10.1 Å². The van der Waals surface area contributed by atoms with Crippen LogP contribution in [0.3, 0.4) is 0 Å². The zero-order valence-electron chi connectivity index (χ0n) is 11.4. The molecule has 112 valence electrons. The standard InChI is InChI=1S/C13H15N3O4S/c1-9(12(17)15-7-6-14-13(15)18)21-8-10-2-4-11(5-3-10)16(19)20/h2-5,9H,6-8H2,1H3,(H,14,18)/t9-/m0/s1. The number of carbonyl (C=O) groups is 2. The lowest BCUT2D eigenvalue weighted by atomic mass is 10.2. The van der Waals surface area contributed by atoms with E-state index < -0.39 is 4.92 Å². The average Bonchev–Trinajstić information content (AvgIpc) is 2.90. The first-order valence-electron chi connectivity index (χ1n) is 6.43. The first kappa shape index (κ1) is 15.3. The summed E-state index contributed by atoms with van der Waals surface area (Å²) in [6.45, 7) is 2.65. The molecule has 7 nitrogen and oxygen atoms in total. The van der Waals surface area contributed by atoms with Gasteiger partial charge in [0.1, 0.15) is 0 Å². The number of nitrogens with zero attached hydrogens (tertiary/aromatic N) is 2. The molecular formula is C13H15N3O4S. The Hall–Kier alpha value is -2.09. The summed E-state index contributed by atoms with van der Waals surface area (Å²) >= 11 is 1.40. The Morgan fingerprint density at radius 2 is 2.14 bits per heavy atom. The molecule has 1 aliphatic rings. The van der Waals surface area contributed by atoms with E-state index in [1.807, 2.05) is 0 Å². The van der Waals surface area contributed by atoms with Crippen molar-refractivity contribution in [1.29, 1.82) is 0 Å². The monoisotopic (exact) mass is 309 g/mol. The van der Waals surface area contributed by atoms with Gasteiger partial charge in [0.05, 0.1) is 10.2 Å². The van der Waals surface area contributed by atoms with Gasteiger partial charge in [-0.05, 0) is 12.5 Å². The summed E-state index contributed by atoms with van der Waals surface area (Å²) in [6, 6.07) is 5.88. The van der Waals surface area contributed by atoms with Crippen molar-refractivity contribution in [2.75, 3.05) is 13.1 Å². The summed E-state index contributed by atoms with van der Waals surface area (Å²) in [4.78, 5) is 34.8. The van der Waals surface area contributed by atoms with Crippen molar-refractivity contribution >= 4 is 29.4 Å². The van der Waals surface area contributed by atoms with Gasteiger partial charge in [-0.25, -0.2) is 4.79 Å². The molecule has 1 N–H and O–H groups in total. The zero-order chi connectivity index (χ0) is 15.4. The number of hydrogen-bond acceptors (Lipinski definition) is 5. The minimum Gasteiger partial charge on any atom is -0.336 e. The van der Waals surface area contributed by atoms with E-state index in [2.05, 4.69) is 5.32 Å². The van der Waals surface area contributed by atoms with Gasteiger partial charge in [-0.1, -0.05) is 12.1 Å². The van der Waals surface area contributed by atoms with Crippen molar-refractivity contribution < 1.29 is 14.5 Å². The number of urea groups is 1. The van der Waals surface area contributed by atoms with Crippen molar-refractivity contribution in [1.82, 2.24) is 10.2 Å². The lowest BCUT2D eigenvalue weighted by Crippen LogP contribution is -2.38. The Bertz CT molecular complexity index is 561. The summed E-state index contributed by atoms with van der Waals surface area (Å²) in [5, 5.41) is 12.8. The fraction of sp³-hybridized carbons (Fsp3) is 0.385. The topological polar surface area (TPSA) is 92.6 Å². The third-order valence-electron chi connectivity index (χ3n) is 3.12. The van der Waals surface area contributed by atoms with Gasteiger partial charge in [-0.15, -0.1) is 11.8 Å². The van der Waals surface area contributed by atoms with Crippen molar-refractivity contribution in [3.63, 3.8) is 0 Å². The van der Waals surface area contributed by atoms with Crippen molar-refractivity contribution in [2.24, 2.45) is 0 Å². The summed E-state index contributed by atoms with van der Waals surface area (Å²) in [5.41, 5.74) is 0.942. The highest BCUT2D eigenvalue weighted by atomic mass is 32.2. The molecule has 2 rings (SSSR count). The van der Waals surface area contributed by atoms with Crippen LogP contribution in [0.25, 0.3) is 0 Å². The van der Waals surface area contributed by atoms with E-state index in [9.17, 15) is 19.7 Å². The van der Waals surface area contributed by atoms with Crippen LogP contribution >= 0.6 is 11.8 Å². The van der Waals surface area contributed by atoms with Crippen LogP contribution in [-0.4, -0.2) is 40.1 Å². The molecule has 1 saturated heterocycles. The molecule has 1 fully saturated rings. The average molecular weight is 309 g/mol. The molecule has 1 heterocycles. The number of non-ortho nitro benzene ring substituents is 1. The summed E-state index contributed by atoms with van der Waals surface area (Å²) in [6.07, 6.45) is 0. The molecular weight excluding hydrogens is 294 g/mol. The number of nitro groups is 1. The molecule has 0 unspecified atom stereocenters. The molecule has 0 bridgehead atoms. The second-order valence-corrected chi connectivity index (χ2v) is 5.93. The molecule has 1 aromatic carbocycles. The highest BCUT2D eigenvalue weighted by Crippen LogP contribution is 2.21. The normalized spacial score (nSPS) is 15.7. The van der Waals surface area contributed by atoms with Crippen molar-refractivity contribution in [3.8, 4) is 0 Å². The number of thioether (sulfide) groups is 1. The molecule has 0 radical (unpaired) electrons. The van der Waals surface area contributed by atoms with Gasteiger partial charge in [0.15, 0.2) is 0 Å². The lowest BCUT2D eigenvalue weighted by molar-refractivity contribution is -0.384. The molecule has 1 aliphatic heterocycles. The minimum atomic E-state index is -0.449. The number of hydrogen-bond donors (Lipinski definition) is 1. The number of carbonyl (C=O) groups excluding carboxylic acids is 2. The molecule has 21 heavy (non-hydrogen) atoms. The Morgan fingerprint density at radius 1 is 1.48 bits per heavy atom. The predicted octanol–water partition coefficient (Wildman–Crippen LogP) is 1.77. The van der Waals surface area contributed by atoms with E-state index >= 15 is 0 Å². The van der Waals surface area contributed by atoms with Gasteiger partial charge in [-0.3, -0.25) is 19.8 Å². The molecule has 3 amide bonds. The second-order valence-electron chi connectivity index (χ2n) is 4.60. The molecule has 0 saturated carbocycles. The fourth-order valence-corrected chi connectivity index (χ4v) is 2.81. The number of nitrogens with one attached hydrogen (secondary N) is 1. The molecule has 0 spiro atoms. The first-order valence-corrected chi connectivity index (χ1v) is 7.48. The summed E-state index contributed by atoms with van der Waals surface area (Å²) in [7, 11) is 0. The first-order chi connectivity index (χ1) is 9.99. The third kappa shape index (κ3) is 3.72. The predicted molar refractivity (Wildman–Crippen MR) is 79.0 cm³/mol. The highest BCUT2D eigenvalue weighted by Gasteiger charge is 2.29. The van der Waals surface area contributed by atoms with Crippen LogP contribution in [0.1, 0.15) is 12.5 Å². The van der Waals surface area contributed by atoms with Crippen LogP contribution in [0.15, 0.2) is 24.3 Å². The SMILES string of the molecule is C[C@H](SCc1ccc([N+](=O)[O-])cc1)C(=O)N1CCNC1=O. The Morgan fingerprint density at radius 3 is 2.67 bits per heavy atom. The maximum absolute atomic E-state index is 12.1. The van der Waals surface area contributed by atoms with E-state index in [1.165, 1.54) is 28.8 Å². The molecule has 0 aliphatic carbocycles. The van der Waals surface area contributed by atoms with Crippen LogP contribution < -0.4 is 5.32 Å². The maximum Gasteiger partial charge on any atom is 0.324 e. The number of amides is 3. The molecule has 1 atom stereocenters. The maximum atomic E-state index is 12.1. The third-order valence-corrected chi connectivity index (χ3v) is 4.32. The number of rotatable bonds is 5. The minimum absolute atomic E-state index is 0.0432. The molecule has 1 aromatic rings. The van der Waals surface area contributed by atoms with Crippen LogP contribution in [0.4, 0.5) is 10.5 Å². The fourth-order valence-electron chi connectivity index (χ4n) is 1.91. The van der Waals surface area contributed by atoms with Gasteiger partial charge in [-0.2, -0.15) is 0 Å². The lowest BCUT2D eigenvalue weighted by Gasteiger charge is -2.17. The van der Waals surface area contributed by atoms with Crippen LogP contribution in [-0.2, 0) is 10.5 Å². The summed E-state index contributed by atoms with van der Waals surface area (Å²) in [5.74, 6) is 0.345. The van der Waals surface area contributed by atoms with Crippen molar-refractivity contribution in [2.45, 2.75) is 17.9 Å². The molecule has 8 heteroatoms. The zero-order valence-corrected chi connectivity index (χ0v) is 12.3. The van der Waals surface area contributed by atoms with E-state index in [-0.39, 0.29) is 22.9 Å². The van der Waals surface area contributed by atoms with E-state index in [1.54, 1.807) is 19.1 Å². The van der Waals surface area contributed by atoms with Gasteiger partial charge < -0.3 is 5.32 Å². The van der Waals surface area contributed by atoms with Gasteiger partial charge in [0.25, 0.3) is 5.69 Å². The molecule has 0 aromatic heterocycles. The largest absolute Gasteiger partial charge is 0.336 e. The van der Waals surface area contributed by atoms with Crippen molar-refractivity contribution in [3.05, 3.63) is 39.9 Å². The Balaban J connectivity index is 1.88. The smallest absolute Gasteiger partial charge is 0.324 e. The van der Waals surface area contributed by atoms with Gasteiger partial charge in [0, 0.05) is 31.0 Å². The Kier molecular flexibility index (Phi) is 4.79.